The van der Waals surface area contributed by atoms with Crippen LogP contribution in [0.1, 0.15) is 43.7 Å². The van der Waals surface area contributed by atoms with Crippen molar-refractivity contribution in [3.63, 3.8) is 0 Å². The SMILES string of the molecule is COc1cc(C(C)(F)F)cc(C2(CN)CCCC2)c1OC. The van der Waals surface area contributed by atoms with Gasteiger partial charge >= 0.3 is 0 Å². The van der Waals surface area contributed by atoms with Gasteiger partial charge in [0, 0.05) is 30.0 Å². The minimum absolute atomic E-state index is 0.0603. The van der Waals surface area contributed by atoms with Crippen LogP contribution in [0.4, 0.5) is 8.78 Å². The zero-order valence-corrected chi connectivity index (χ0v) is 12.8. The van der Waals surface area contributed by atoms with Crippen LogP contribution in [0.15, 0.2) is 12.1 Å². The molecule has 2 rings (SSSR count). The van der Waals surface area contributed by atoms with Crippen molar-refractivity contribution in [1.82, 2.24) is 0 Å². The summed E-state index contributed by atoms with van der Waals surface area (Å²) in [5.41, 5.74) is 6.39. The largest absolute Gasteiger partial charge is 0.493 e. The Kier molecular flexibility index (Phi) is 4.42. The van der Waals surface area contributed by atoms with Gasteiger partial charge in [-0.15, -0.1) is 0 Å². The molecule has 1 saturated carbocycles. The Morgan fingerprint density at radius 3 is 2.24 bits per heavy atom. The van der Waals surface area contributed by atoms with Gasteiger partial charge in [-0.05, 0) is 25.0 Å². The Morgan fingerprint density at radius 1 is 1.19 bits per heavy atom. The van der Waals surface area contributed by atoms with E-state index in [4.69, 9.17) is 15.2 Å². The molecule has 0 saturated heterocycles. The second-order valence-corrected chi connectivity index (χ2v) is 5.84. The fraction of sp³-hybridized carbons (Fsp3) is 0.625. The molecule has 1 aromatic carbocycles. The van der Waals surface area contributed by atoms with E-state index >= 15 is 0 Å². The van der Waals surface area contributed by atoms with Crippen LogP contribution in [0.2, 0.25) is 0 Å². The molecular formula is C16H23F2NO2. The second-order valence-electron chi connectivity index (χ2n) is 5.84. The van der Waals surface area contributed by atoms with Crippen molar-refractivity contribution < 1.29 is 18.3 Å². The first-order chi connectivity index (χ1) is 9.88. The van der Waals surface area contributed by atoms with Crippen LogP contribution in [0, 0.1) is 0 Å². The molecule has 21 heavy (non-hydrogen) atoms. The molecule has 0 radical (unpaired) electrons. The molecule has 0 aliphatic heterocycles. The van der Waals surface area contributed by atoms with Crippen molar-refractivity contribution in [3.05, 3.63) is 23.3 Å². The van der Waals surface area contributed by atoms with E-state index < -0.39 is 5.92 Å². The third-order valence-electron chi connectivity index (χ3n) is 4.51. The maximum atomic E-state index is 13.8. The number of methoxy groups -OCH3 is 2. The lowest BCUT2D eigenvalue weighted by Gasteiger charge is -2.31. The molecule has 0 unspecified atom stereocenters. The summed E-state index contributed by atoms with van der Waals surface area (Å²) in [6.07, 6.45) is 3.88. The Labute approximate surface area is 124 Å². The summed E-state index contributed by atoms with van der Waals surface area (Å²) in [6, 6.07) is 2.89. The highest BCUT2D eigenvalue weighted by molar-refractivity contribution is 5.54. The van der Waals surface area contributed by atoms with E-state index in [1.54, 1.807) is 6.07 Å². The number of rotatable bonds is 5. The molecule has 0 aromatic heterocycles. The monoisotopic (exact) mass is 299 g/mol. The molecule has 0 bridgehead atoms. The molecule has 3 nitrogen and oxygen atoms in total. The predicted molar refractivity (Wildman–Crippen MR) is 78.3 cm³/mol. The van der Waals surface area contributed by atoms with E-state index in [9.17, 15) is 8.78 Å². The molecule has 0 atom stereocenters. The standard InChI is InChI=1S/C16H23F2NO2/c1-15(17,18)11-8-12(14(21-3)13(9-11)20-2)16(10-19)6-4-5-7-16/h8-9H,4-7,10,19H2,1-3H3. The Bertz CT molecular complexity index is 506. The molecule has 1 aliphatic rings. The fourth-order valence-corrected chi connectivity index (χ4v) is 3.25. The predicted octanol–water partition coefficient (Wildman–Crippen LogP) is 3.59. The lowest BCUT2D eigenvalue weighted by molar-refractivity contribution is 0.0170. The van der Waals surface area contributed by atoms with Gasteiger partial charge in [0.25, 0.3) is 5.92 Å². The van der Waals surface area contributed by atoms with Crippen LogP contribution in [-0.2, 0) is 11.3 Å². The van der Waals surface area contributed by atoms with Gasteiger partial charge in [0.2, 0.25) is 0 Å². The van der Waals surface area contributed by atoms with Crippen molar-refractivity contribution in [1.29, 1.82) is 0 Å². The van der Waals surface area contributed by atoms with Gasteiger partial charge < -0.3 is 15.2 Å². The first-order valence-electron chi connectivity index (χ1n) is 7.23. The van der Waals surface area contributed by atoms with Crippen molar-refractivity contribution in [3.8, 4) is 11.5 Å². The molecule has 1 aliphatic carbocycles. The van der Waals surface area contributed by atoms with Crippen molar-refractivity contribution >= 4 is 0 Å². The van der Waals surface area contributed by atoms with Crippen molar-refractivity contribution in [2.24, 2.45) is 5.73 Å². The molecule has 0 amide bonds. The summed E-state index contributed by atoms with van der Waals surface area (Å²) in [7, 11) is 2.99. The number of benzene rings is 1. The number of hydrogen-bond donors (Lipinski definition) is 1. The number of hydrogen-bond acceptors (Lipinski definition) is 3. The maximum Gasteiger partial charge on any atom is 0.270 e. The molecular weight excluding hydrogens is 276 g/mol. The van der Waals surface area contributed by atoms with Crippen molar-refractivity contribution in [2.75, 3.05) is 20.8 Å². The highest BCUT2D eigenvalue weighted by atomic mass is 19.3. The average molecular weight is 299 g/mol. The summed E-state index contributed by atoms with van der Waals surface area (Å²) in [5.74, 6) is -2.06. The van der Waals surface area contributed by atoms with Gasteiger partial charge in [0.1, 0.15) is 0 Å². The highest BCUT2D eigenvalue weighted by Gasteiger charge is 2.39. The topological polar surface area (TPSA) is 44.5 Å². The third kappa shape index (κ3) is 2.84. The lowest BCUT2D eigenvalue weighted by Crippen LogP contribution is -2.33. The number of ether oxygens (including phenoxy) is 2. The highest BCUT2D eigenvalue weighted by Crippen LogP contribution is 2.49. The zero-order valence-electron chi connectivity index (χ0n) is 12.8. The van der Waals surface area contributed by atoms with E-state index in [0.717, 1.165) is 38.2 Å². The summed E-state index contributed by atoms with van der Waals surface area (Å²) < 4.78 is 38.3. The minimum atomic E-state index is -2.93. The third-order valence-corrected chi connectivity index (χ3v) is 4.51. The summed E-state index contributed by atoms with van der Waals surface area (Å²) in [6.45, 7) is 1.31. The molecule has 1 fully saturated rings. The van der Waals surface area contributed by atoms with E-state index in [-0.39, 0.29) is 11.0 Å². The maximum absolute atomic E-state index is 13.8. The second kappa shape index (κ2) is 5.79. The minimum Gasteiger partial charge on any atom is -0.493 e. The van der Waals surface area contributed by atoms with Gasteiger partial charge in [-0.3, -0.25) is 0 Å². The van der Waals surface area contributed by atoms with E-state index in [2.05, 4.69) is 0 Å². The molecule has 1 aromatic rings. The normalized spacial score (nSPS) is 17.8. The van der Waals surface area contributed by atoms with Gasteiger partial charge in [-0.1, -0.05) is 12.8 Å². The first kappa shape index (κ1) is 16.0. The molecule has 0 spiro atoms. The Balaban J connectivity index is 2.67. The lowest BCUT2D eigenvalue weighted by atomic mass is 9.77. The van der Waals surface area contributed by atoms with Crippen LogP contribution >= 0.6 is 0 Å². The van der Waals surface area contributed by atoms with Gasteiger partial charge in [-0.25, -0.2) is 8.78 Å². The summed E-state index contributed by atoms with van der Waals surface area (Å²) in [5, 5.41) is 0. The van der Waals surface area contributed by atoms with Crippen LogP contribution < -0.4 is 15.2 Å². The van der Waals surface area contributed by atoms with E-state index in [1.165, 1.54) is 20.3 Å². The van der Waals surface area contributed by atoms with Crippen molar-refractivity contribution in [2.45, 2.75) is 43.9 Å². The van der Waals surface area contributed by atoms with Crippen LogP contribution in [0.3, 0.4) is 0 Å². The van der Waals surface area contributed by atoms with Crippen LogP contribution in [0.5, 0.6) is 11.5 Å². The summed E-state index contributed by atoms with van der Waals surface area (Å²) in [4.78, 5) is 0. The molecule has 5 heteroatoms. The molecule has 2 N–H and O–H groups in total. The molecule has 118 valence electrons. The number of nitrogens with two attached hydrogens (primary N) is 1. The average Bonchev–Trinajstić information content (AvgIpc) is 2.94. The zero-order chi connectivity index (χ0) is 15.7. The van der Waals surface area contributed by atoms with E-state index in [0.29, 0.717) is 18.0 Å². The van der Waals surface area contributed by atoms with Crippen LogP contribution in [-0.4, -0.2) is 20.8 Å². The Hall–Kier alpha value is -1.36. The van der Waals surface area contributed by atoms with E-state index in [1.807, 2.05) is 0 Å². The smallest absolute Gasteiger partial charge is 0.270 e. The van der Waals surface area contributed by atoms with Gasteiger partial charge in [0.05, 0.1) is 14.2 Å². The Morgan fingerprint density at radius 2 is 1.81 bits per heavy atom. The quantitative estimate of drug-likeness (QED) is 0.903. The fourth-order valence-electron chi connectivity index (χ4n) is 3.25. The van der Waals surface area contributed by atoms with Gasteiger partial charge in [0.15, 0.2) is 11.5 Å². The van der Waals surface area contributed by atoms with Crippen LogP contribution in [0.25, 0.3) is 0 Å². The molecule has 0 heterocycles. The van der Waals surface area contributed by atoms with Gasteiger partial charge in [-0.2, -0.15) is 0 Å². The first-order valence-corrected chi connectivity index (χ1v) is 7.23. The number of alkyl halides is 2. The number of halogens is 2. The summed E-state index contributed by atoms with van der Waals surface area (Å²) >= 11 is 0.